The summed E-state index contributed by atoms with van der Waals surface area (Å²) in [5, 5.41) is 7.99. The van der Waals surface area contributed by atoms with Crippen molar-refractivity contribution >= 4 is 34.3 Å². The maximum atomic E-state index is 13.4. The Hall–Kier alpha value is -3.27. The lowest BCUT2D eigenvalue weighted by atomic mass is 10.0. The van der Waals surface area contributed by atoms with Gasteiger partial charge in [0.1, 0.15) is 18.2 Å². The van der Waals surface area contributed by atoms with Crippen molar-refractivity contribution in [2.75, 3.05) is 5.32 Å². The smallest absolute Gasteiger partial charge is 0.416 e. The van der Waals surface area contributed by atoms with Crippen LogP contribution in [0.15, 0.2) is 59.5 Å². The molecule has 6 nitrogen and oxygen atoms in total. The summed E-state index contributed by atoms with van der Waals surface area (Å²) in [7, 11) is 0. The molecule has 1 aliphatic carbocycles. The first-order valence-corrected chi connectivity index (χ1v) is 12.4. The monoisotopic (exact) mass is 500 g/mol. The second kappa shape index (κ2) is 9.77. The maximum Gasteiger partial charge on any atom is 0.416 e. The van der Waals surface area contributed by atoms with Crippen LogP contribution in [0.4, 0.5) is 18.9 Å². The number of halogens is 3. The molecule has 1 amide bonds. The number of hydrogen-bond donors (Lipinski definition) is 1. The zero-order valence-electron chi connectivity index (χ0n) is 18.7. The topological polar surface area (TPSA) is 73.0 Å². The van der Waals surface area contributed by atoms with E-state index in [1.807, 2.05) is 18.2 Å². The van der Waals surface area contributed by atoms with E-state index >= 15 is 0 Å². The van der Waals surface area contributed by atoms with Crippen molar-refractivity contribution in [3.8, 4) is 5.69 Å². The number of amides is 1. The highest BCUT2D eigenvalue weighted by atomic mass is 32.2. The van der Waals surface area contributed by atoms with E-state index in [9.17, 15) is 18.0 Å². The van der Waals surface area contributed by atoms with Crippen LogP contribution in [0.5, 0.6) is 0 Å². The fourth-order valence-corrected chi connectivity index (χ4v) is 5.74. The van der Waals surface area contributed by atoms with Gasteiger partial charge in [0, 0.05) is 22.0 Å². The van der Waals surface area contributed by atoms with Gasteiger partial charge < -0.3 is 9.73 Å². The van der Waals surface area contributed by atoms with Crippen LogP contribution in [0.3, 0.4) is 0 Å². The van der Waals surface area contributed by atoms with E-state index in [0.29, 0.717) is 16.6 Å². The Morgan fingerprint density at radius 2 is 1.94 bits per heavy atom. The Morgan fingerprint density at radius 1 is 1.14 bits per heavy atom. The maximum absolute atomic E-state index is 13.4. The molecule has 2 aromatic heterocycles. The molecule has 1 saturated carbocycles. The number of benzene rings is 2. The number of rotatable bonds is 6. The van der Waals surface area contributed by atoms with E-state index < -0.39 is 17.6 Å². The number of nitrogens with one attached hydrogen (secondary N) is 1. The fourth-order valence-electron chi connectivity index (χ4n) is 4.38. The SMILES string of the molecule is O=C(Nc1cc(C(F)(F)F)ccc1-n1cncn1)c1oc2ccccc2c1CSC1CCCCC1. The summed E-state index contributed by atoms with van der Waals surface area (Å²) in [6.45, 7) is 0. The molecule has 0 aliphatic heterocycles. The predicted molar refractivity (Wildman–Crippen MR) is 129 cm³/mol. The van der Waals surface area contributed by atoms with E-state index in [1.54, 1.807) is 17.8 Å². The molecule has 1 aliphatic rings. The molecule has 2 heterocycles. The number of aromatic nitrogens is 3. The van der Waals surface area contributed by atoms with Crippen LogP contribution in [-0.2, 0) is 11.9 Å². The number of carbonyl (C=O) groups is 1. The highest BCUT2D eigenvalue weighted by Gasteiger charge is 2.32. The van der Waals surface area contributed by atoms with Gasteiger partial charge in [-0.1, -0.05) is 37.5 Å². The largest absolute Gasteiger partial charge is 0.451 e. The third-order valence-corrected chi connectivity index (χ3v) is 7.56. The van der Waals surface area contributed by atoms with E-state index in [2.05, 4.69) is 15.4 Å². The van der Waals surface area contributed by atoms with Crippen LogP contribution < -0.4 is 5.32 Å². The third kappa shape index (κ3) is 5.07. The van der Waals surface area contributed by atoms with Gasteiger partial charge in [-0.3, -0.25) is 4.79 Å². The number of alkyl halides is 3. The van der Waals surface area contributed by atoms with Crippen molar-refractivity contribution in [1.82, 2.24) is 14.8 Å². The number of anilines is 1. The molecule has 35 heavy (non-hydrogen) atoms. The van der Waals surface area contributed by atoms with Gasteiger partial charge in [-0.05, 0) is 37.1 Å². The van der Waals surface area contributed by atoms with Gasteiger partial charge >= 0.3 is 6.18 Å². The van der Waals surface area contributed by atoms with Crippen LogP contribution in [-0.4, -0.2) is 25.9 Å². The van der Waals surface area contributed by atoms with Gasteiger partial charge in [0.15, 0.2) is 5.76 Å². The lowest BCUT2D eigenvalue weighted by Crippen LogP contribution is -2.16. The minimum Gasteiger partial charge on any atom is -0.451 e. The number of carbonyl (C=O) groups excluding carboxylic acids is 1. The average molecular weight is 501 g/mol. The lowest BCUT2D eigenvalue weighted by Gasteiger charge is -2.21. The molecule has 0 unspecified atom stereocenters. The molecule has 0 bridgehead atoms. The predicted octanol–water partition coefficient (Wildman–Crippen LogP) is 6.85. The normalized spacial score (nSPS) is 14.9. The van der Waals surface area contributed by atoms with Crippen molar-refractivity contribution < 1.29 is 22.4 Å². The molecule has 0 spiro atoms. The molecule has 0 saturated heterocycles. The summed E-state index contributed by atoms with van der Waals surface area (Å²) in [4.78, 5) is 17.3. The Bertz CT molecular complexity index is 1330. The van der Waals surface area contributed by atoms with Crippen molar-refractivity contribution in [2.24, 2.45) is 0 Å². The fraction of sp³-hybridized carbons (Fsp3) is 0.320. The van der Waals surface area contributed by atoms with Crippen molar-refractivity contribution in [3.05, 3.63) is 72.0 Å². The van der Waals surface area contributed by atoms with Gasteiger partial charge in [-0.25, -0.2) is 9.67 Å². The molecule has 2 aromatic carbocycles. The summed E-state index contributed by atoms with van der Waals surface area (Å²) < 4.78 is 47.5. The van der Waals surface area contributed by atoms with E-state index in [0.717, 1.165) is 35.9 Å². The van der Waals surface area contributed by atoms with Crippen LogP contribution in [0.2, 0.25) is 0 Å². The summed E-state index contributed by atoms with van der Waals surface area (Å²) in [5.41, 5.74) is 0.662. The quantitative estimate of drug-likeness (QED) is 0.313. The summed E-state index contributed by atoms with van der Waals surface area (Å²) >= 11 is 1.80. The Morgan fingerprint density at radius 3 is 2.69 bits per heavy atom. The number of furan rings is 1. The number of thioether (sulfide) groups is 1. The molecular weight excluding hydrogens is 477 g/mol. The number of para-hydroxylation sites is 1. The second-order valence-electron chi connectivity index (χ2n) is 8.50. The molecule has 182 valence electrons. The number of fused-ring (bicyclic) bond motifs is 1. The molecule has 0 atom stereocenters. The third-order valence-electron chi connectivity index (χ3n) is 6.16. The van der Waals surface area contributed by atoms with Crippen LogP contribution in [0.1, 0.15) is 53.8 Å². The highest BCUT2D eigenvalue weighted by Crippen LogP contribution is 2.36. The Labute approximate surface area is 203 Å². The van der Waals surface area contributed by atoms with Crippen molar-refractivity contribution in [3.63, 3.8) is 0 Å². The van der Waals surface area contributed by atoms with Crippen LogP contribution >= 0.6 is 11.8 Å². The van der Waals surface area contributed by atoms with Crippen LogP contribution in [0, 0.1) is 0 Å². The van der Waals surface area contributed by atoms with Gasteiger partial charge in [0.05, 0.1) is 16.9 Å². The standard InChI is InChI=1S/C25H23F3N4O2S/c26-25(27,28)16-10-11-21(32-15-29-14-30-32)20(12-16)31-24(33)23-19(13-35-17-6-2-1-3-7-17)18-8-4-5-9-22(18)34-23/h4-5,8-12,14-15,17H,1-3,6-7,13H2,(H,31,33). The molecule has 1 N–H and O–H groups in total. The minimum atomic E-state index is -4.57. The van der Waals surface area contributed by atoms with Gasteiger partial charge in [-0.15, -0.1) is 0 Å². The first kappa shape index (κ1) is 23.5. The van der Waals surface area contributed by atoms with E-state index in [1.165, 1.54) is 42.7 Å². The molecule has 1 fully saturated rings. The average Bonchev–Trinajstić information content (AvgIpc) is 3.51. The van der Waals surface area contributed by atoms with E-state index in [-0.39, 0.29) is 17.1 Å². The van der Waals surface area contributed by atoms with Crippen molar-refractivity contribution in [2.45, 2.75) is 49.3 Å². The first-order valence-electron chi connectivity index (χ1n) is 11.4. The minimum absolute atomic E-state index is 0.0401. The Kier molecular flexibility index (Phi) is 6.55. The Balaban J connectivity index is 1.49. The lowest BCUT2D eigenvalue weighted by molar-refractivity contribution is -0.137. The summed E-state index contributed by atoms with van der Waals surface area (Å²) in [5.74, 6) is 0.0840. The second-order valence-corrected chi connectivity index (χ2v) is 9.79. The van der Waals surface area contributed by atoms with Gasteiger partial charge in [-0.2, -0.15) is 30.0 Å². The van der Waals surface area contributed by atoms with E-state index in [4.69, 9.17) is 4.42 Å². The zero-order chi connectivity index (χ0) is 24.4. The van der Waals surface area contributed by atoms with Crippen LogP contribution in [0.25, 0.3) is 16.7 Å². The molecule has 0 radical (unpaired) electrons. The number of hydrogen-bond acceptors (Lipinski definition) is 5. The molecular formula is C25H23F3N4O2S. The molecule has 5 rings (SSSR count). The van der Waals surface area contributed by atoms with Gasteiger partial charge in [0.2, 0.25) is 0 Å². The zero-order valence-corrected chi connectivity index (χ0v) is 19.5. The summed E-state index contributed by atoms with van der Waals surface area (Å²) in [6, 6.07) is 10.5. The molecule has 4 aromatic rings. The van der Waals surface area contributed by atoms with Crippen molar-refractivity contribution in [1.29, 1.82) is 0 Å². The first-order chi connectivity index (χ1) is 16.9. The molecule has 10 heteroatoms. The highest BCUT2D eigenvalue weighted by molar-refractivity contribution is 7.99. The van der Waals surface area contributed by atoms with Gasteiger partial charge in [0.25, 0.3) is 5.91 Å². The summed E-state index contributed by atoms with van der Waals surface area (Å²) in [6.07, 6.45) is 4.01. The number of nitrogens with zero attached hydrogens (tertiary/aromatic N) is 3.